The molecule has 1 aliphatic rings. The number of rotatable bonds is 4. The van der Waals surface area contributed by atoms with Gasteiger partial charge in [0.05, 0.1) is 11.8 Å². The third-order valence-corrected chi connectivity index (χ3v) is 4.39. The van der Waals surface area contributed by atoms with Crippen LogP contribution in [-0.4, -0.2) is 22.9 Å². The average molecular weight is 330 g/mol. The Kier molecular flexibility index (Phi) is 5.39. The van der Waals surface area contributed by atoms with Gasteiger partial charge in [-0.1, -0.05) is 11.1 Å². The summed E-state index contributed by atoms with van der Waals surface area (Å²) in [5, 5.41) is 14.8. The molecule has 0 saturated carbocycles. The largest absolute Gasteiger partial charge is 0.481 e. The number of carbonyl (C=O) groups is 3. The van der Waals surface area contributed by atoms with E-state index in [9.17, 15) is 19.5 Å². The summed E-state index contributed by atoms with van der Waals surface area (Å²) in [5.74, 6) is -2.69. The van der Waals surface area contributed by atoms with Crippen LogP contribution in [0.2, 0.25) is 0 Å². The molecule has 0 radical (unpaired) electrons. The molecule has 1 aromatic carbocycles. The number of carboxylic acid groups (broad SMARTS) is 1. The van der Waals surface area contributed by atoms with Crippen molar-refractivity contribution in [3.63, 3.8) is 0 Å². The van der Waals surface area contributed by atoms with Crippen molar-refractivity contribution in [2.45, 2.75) is 33.6 Å². The van der Waals surface area contributed by atoms with E-state index < -0.39 is 17.8 Å². The lowest BCUT2D eigenvalue weighted by atomic mass is 9.76. The van der Waals surface area contributed by atoms with Crippen molar-refractivity contribution in [3.05, 3.63) is 35.4 Å². The Morgan fingerprint density at radius 1 is 0.917 bits per heavy atom. The summed E-state index contributed by atoms with van der Waals surface area (Å²) in [6.45, 7) is 5.28. The molecular formula is C18H22N2O4. The molecule has 0 aliphatic heterocycles. The first-order chi connectivity index (χ1) is 11.3. The molecule has 0 spiro atoms. The molecule has 6 nitrogen and oxygen atoms in total. The Hall–Kier alpha value is -2.63. The normalized spacial score (nSPS) is 20.5. The highest BCUT2D eigenvalue weighted by Crippen LogP contribution is 2.35. The van der Waals surface area contributed by atoms with Gasteiger partial charge in [-0.05, 0) is 51.0 Å². The van der Waals surface area contributed by atoms with Gasteiger partial charge in [-0.2, -0.15) is 0 Å². The Morgan fingerprint density at radius 3 is 1.83 bits per heavy atom. The van der Waals surface area contributed by atoms with E-state index in [2.05, 4.69) is 10.6 Å². The van der Waals surface area contributed by atoms with Gasteiger partial charge in [0.15, 0.2) is 0 Å². The highest BCUT2D eigenvalue weighted by molar-refractivity contribution is 5.96. The highest BCUT2D eigenvalue weighted by atomic mass is 16.4. The van der Waals surface area contributed by atoms with E-state index in [0.717, 1.165) is 11.1 Å². The maximum atomic E-state index is 12.5. The highest BCUT2D eigenvalue weighted by Gasteiger charge is 2.37. The van der Waals surface area contributed by atoms with Gasteiger partial charge in [0.2, 0.25) is 11.8 Å². The number of carbonyl (C=O) groups excluding carboxylic acids is 2. The molecule has 3 N–H and O–H groups in total. The van der Waals surface area contributed by atoms with Gasteiger partial charge >= 0.3 is 5.97 Å². The number of nitrogens with one attached hydrogen (secondary N) is 2. The average Bonchev–Trinajstić information content (AvgIpc) is 2.50. The lowest BCUT2D eigenvalue weighted by Crippen LogP contribution is -2.36. The molecule has 0 heterocycles. The van der Waals surface area contributed by atoms with E-state index in [1.807, 2.05) is 13.8 Å². The number of allylic oxidation sites excluding steroid dienone is 2. The zero-order valence-corrected chi connectivity index (χ0v) is 14.1. The van der Waals surface area contributed by atoms with Crippen LogP contribution in [-0.2, 0) is 14.4 Å². The molecule has 0 saturated heterocycles. The summed E-state index contributed by atoms with van der Waals surface area (Å²) in [6, 6.07) is 6.72. The molecule has 1 aromatic rings. The monoisotopic (exact) mass is 330 g/mol. The Labute approximate surface area is 140 Å². The van der Waals surface area contributed by atoms with Crippen LogP contribution in [0.25, 0.3) is 0 Å². The molecule has 2 rings (SSSR count). The molecule has 2 amide bonds. The topological polar surface area (TPSA) is 95.5 Å². The number of hydrogen-bond donors (Lipinski definition) is 3. The van der Waals surface area contributed by atoms with Crippen LogP contribution in [0.1, 0.15) is 33.6 Å². The summed E-state index contributed by atoms with van der Waals surface area (Å²) >= 11 is 0. The lowest BCUT2D eigenvalue weighted by molar-refractivity contribution is -0.146. The van der Waals surface area contributed by atoms with Crippen molar-refractivity contribution >= 4 is 29.2 Å². The van der Waals surface area contributed by atoms with E-state index in [1.54, 1.807) is 24.3 Å². The zero-order valence-electron chi connectivity index (χ0n) is 14.1. The molecule has 0 fully saturated rings. The van der Waals surface area contributed by atoms with E-state index >= 15 is 0 Å². The maximum absolute atomic E-state index is 12.5. The summed E-state index contributed by atoms with van der Waals surface area (Å²) < 4.78 is 0. The fourth-order valence-electron chi connectivity index (χ4n) is 2.90. The van der Waals surface area contributed by atoms with E-state index in [1.165, 1.54) is 6.92 Å². The van der Waals surface area contributed by atoms with Crippen molar-refractivity contribution in [2.24, 2.45) is 11.8 Å². The molecule has 128 valence electrons. The first-order valence-corrected chi connectivity index (χ1v) is 7.84. The lowest BCUT2D eigenvalue weighted by Gasteiger charge is -2.29. The SMILES string of the molecule is CC(=O)Nc1ccc(NC(=O)C2CC(C)=C(C)CC2C(=O)O)cc1. The van der Waals surface area contributed by atoms with Crippen molar-refractivity contribution in [1.82, 2.24) is 0 Å². The van der Waals surface area contributed by atoms with Gasteiger partial charge in [0.25, 0.3) is 0 Å². The quantitative estimate of drug-likeness (QED) is 0.739. The van der Waals surface area contributed by atoms with Crippen molar-refractivity contribution < 1.29 is 19.5 Å². The van der Waals surface area contributed by atoms with Gasteiger partial charge < -0.3 is 15.7 Å². The molecular weight excluding hydrogens is 308 g/mol. The van der Waals surface area contributed by atoms with E-state index in [4.69, 9.17) is 0 Å². The summed E-state index contributed by atoms with van der Waals surface area (Å²) in [6.07, 6.45) is 0.860. The number of anilines is 2. The fourth-order valence-corrected chi connectivity index (χ4v) is 2.90. The van der Waals surface area contributed by atoms with E-state index in [-0.39, 0.29) is 11.8 Å². The minimum atomic E-state index is -0.942. The molecule has 2 unspecified atom stereocenters. The van der Waals surface area contributed by atoms with Gasteiger partial charge in [0.1, 0.15) is 0 Å². The van der Waals surface area contributed by atoms with Crippen molar-refractivity contribution in [1.29, 1.82) is 0 Å². The predicted octanol–water partition coefficient (Wildman–Crippen LogP) is 3.03. The molecule has 6 heteroatoms. The number of aliphatic carboxylic acids is 1. The van der Waals surface area contributed by atoms with E-state index in [0.29, 0.717) is 24.2 Å². The molecule has 1 aliphatic carbocycles. The molecule has 0 aromatic heterocycles. The van der Waals surface area contributed by atoms with Gasteiger partial charge in [-0.25, -0.2) is 0 Å². The third kappa shape index (κ3) is 4.22. The Bertz CT molecular complexity index is 691. The minimum absolute atomic E-state index is 0.170. The molecule has 0 bridgehead atoms. The van der Waals surface area contributed by atoms with Crippen molar-refractivity contribution in [3.8, 4) is 0 Å². The van der Waals surface area contributed by atoms with Crippen LogP contribution in [0.4, 0.5) is 11.4 Å². The fraction of sp³-hybridized carbons (Fsp3) is 0.389. The molecule has 24 heavy (non-hydrogen) atoms. The van der Waals surface area contributed by atoms with Crippen LogP contribution in [0.5, 0.6) is 0 Å². The van der Waals surface area contributed by atoms with Gasteiger partial charge in [0, 0.05) is 18.3 Å². The second-order valence-corrected chi connectivity index (χ2v) is 6.27. The first kappa shape index (κ1) is 17.7. The third-order valence-electron chi connectivity index (χ3n) is 4.39. The van der Waals surface area contributed by atoms with Gasteiger partial charge in [-0.3, -0.25) is 14.4 Å². The Morgan fingerprint density at radius 2 is 1.38 bits per heavy atom. The van der Waals surface area contributed by atoms with Crippen LogP contribution in [0.15, 0.2) is 35.4 Å². The zero-order chi connectivity index (χ0) is 17.9. The number of hydrogen-bond acceptors (Lipinski definition) is 3. The second-order valence-electron chi connectivity index (χ2n) is 6.27. The van der Waals surface area contributed by atoms with Crippen LogP contribution in [0, 0.1) is 11.8 Å². The predicted molar refractivity (Wildman–Crippen MR) is 91.6 cm³/mol. The maximum Gasteiger partial charge on any atom is 0.307 e. The number of carboxylic acids is 1. The summed E-state index contributed by atoms with van der Waals surface area (Å²) in [5.41, 5.74) is 3.33. The van der Waals surface area contributed by atoms with Crippen LogP contribution in [0.3, 0.4) is 0 Å². The summed E-state index contributed by atoms with van der Waals surface area (Å²) in [4.78, 5) is 35.0. The smallest absolute Gasteiger partial charge is 0.307 e. The van der Waals surface area contributed by atoms with Gasteiger partial charge in [-0.15, -0.1) is 0 Å². The van der Waals surface area contributed by atoms with Crippen LogP contribution < -0.4 is 10.6 Å². The Balaban J connectivity index is 2.10. The standard InChI is InChI=1S/C18H22N2O4/c1-10-8-15(16(18(23)24)9-11(10)2)17(22)20-14-6-4-13(5-7-14)19-12(3)21/h4-7,15-16H,8-9H2,1-3H3,(H,19,21)(H,20,22)(H,23,24). The summed E-state index contributed by atoms with van der Waals surface area (Å²) in [7, 11) is 0. The first-order valence-electron chi connectivity index (χ1n) is 7.84. The minimum Gasteiger partial charge on any atom is -0.481 e. The number of amides is 2. The van der Waals surface area contributed by atoms with Crippen molar-refractivity contribution in [2.75, 3.05) is 10.6 Å². The van der Waals surface area contributed by atoms with Crippen LogP contribution >= 0.6 is 0 Å². The molecule has 2 atom stereocenters. The number of benzene rings is 1. The second kappa shape index (κ2) is 7.29.